The molecule has 1 unspecified atom stereocenters. The number of alkyl carbamates (subject to hydrolysis) is 1. The van der Waals surface area contributed by atoms with Gasteiger partial charge in [-0.1, -0.05) is 45.6 Å². The maximum absolute atomic E-state index is 13.3. The minimum absolute atomic E-state index is 0.126. The highest BCUT2D eigenvalue weighted by Crippen LogP contribution is 2.27. The minimum atomic E-state index is -0.870. The van der Waals surface area contributed by atoms with Gasteiger partial charge in [-0.2, -0.15) is 0 Å². The molecular formula is C26H43N3O5. The Kier molecular flexibility index (Phi) is 12.5. The first-order valence-electron chi connectivity index (χ1n) is 12.3. The van der Waals surface area contributed by atoms with Crippen molar-refractivity contribution in [1.29, 1.82) is 0 Å². The van der Waals surface area contributed by atoms with E-state index < -0.39 is 17.7 Å². The quantitative estimate of drug-likeness (QED) is 0.360. The van der Waals surface area contributed by atoms with E-state index in [1.165, 1.54) is 11.0 Å². The Hall–Kier alpha value is -2.77. The predicted octanol–water partition coefficient (Wildman–Crippen LogP) is 4.59. The minimum Gasteiger partial charge on any atom is -0.508 e. The van der Waals surface area contributed by atoms with Crippen LogP contribution in [0.3, 0.4) is 0 Å². The number of nitrogens with one attached hydrogen (secondary N) is 2. The van der Waals surface area contributed by atoms with Crippen LogP contribution in [0.4, 0.5) is 4.79 Å². The maximum atomic E-state index is 13.3. The summed E-state index contributed by atoms with van der Waals surface area (Å²) >= 11 is 0. The van der Waals surface area contributed by atoms with E-state index in [4.69, 9.17) is 4.74 Å². The molecule has 0 saturated carbocycles. The van der Waals surface area contributed by atoms with Crippen LogP contribution in [0.15, 0.2) is 18.2 Å². The molecule has 192 valence electrons. The molecule has 8 heteroatoms. The van der Waals surface area contributed by atoms with Crippen molar-refractivity contribution < 1.29 is 24.2 Å². The zero-order valence-electron chi connectivity index (χ0n) is 21.7. The number of amides is 3. The first-order chi connectivity index (χ1) is 16.0. The lowest BCUT2D eigenvalue weighted by molar-refractivity contribution is -0.140. The molecule has 0 radical (unpaired) electrons. The second-order valence-electron chi connectivity index (χ2n) is 9.60. The summed E-state index contributed by atoms with van der Waals surface area (Å²) in [4.78, 5) is 40.2. The number of phenols is 1. The molecule has 0 spiro atoms. The third-order valence-electron chi connectivity index (χ3n) is 5.28. The largest absolute Gasteiger partial charge is 0.508 e. The highest BCUT2D eigenvalue weighted by molar-refractivity contribution is 5.90. The molecule has 3 N–H and O–H groups in total. The molecule has 0 bridgehead atoms. The van der Waals surface area contributed by atoms with Gasteiger partial charge in [0, 0.05) is 13.1 Å². The number of benzene rings is 1. The molecular weight excluding hydrogens is 434 g/mol. The van der Waals surface area contributed by atoms with Crippen molar-refractivity contribution in [3.8, 4) is 5.75 Å². The van der Waals surface area contributed by atoms with E-state index in [0.717, 1.165) is 38.5 Å². The van der Waals surface area contributed by atoms with Gasteiger partial charge in [0.2, 0.25) is 11.8 Å². The van der Waals surface area contributed by atoms with Crippen LogP contribution < -0.4 is 10.6 Å². The second-order valence-corrected chi connectivity index (χ2v) is 9.60. The highest BCUT2D eigenvalue weighted by atomic mass is 16.6. The number of nitrogens with zero attached hydrogens (tertiary/aromatic N) is 1. The Labute approximate surface area is 204 Å². The van der Waals surface area contributed by atoms with Gasteiger partial charge < -0.3 is 25.4 Å². The van der Waals surface area contributed by atoms with Crippen LogP contribution in [0, 0.1) is 6.92 Å². The monoisotopic (exact) mass is 477 g/mol. The Morgan fingerprint density at radius 1 is 1.03 bits per heavy atom. The molecule has 0 saturated heterocycles. The van der Waals surface area contributed by atoms with E-state index >= 15 is 0 Å². The SMILES string of the molecule is CCCCCCN(C(=O)CNC(=O)OC(C)(C)C)C(C(=O)NCCCC)c1ccc(O)c(C)c1. The summed E-state index contributed by atoms with van der Waals surface area (Å²) in [7, 11) is 0. The van der Waals surface area contributed by atoms with Crippen LogP contribution in [0.2, 0.25) is 0 Å². The van der Waals surface area contributed by atoms with Gasteiger partial charge in [0.15, 0.2) is 0 Å². The Balaban J connectivity index is 3.20. The molecule has 1 aromatic rings. The van der Waals surface area contributed by atoms with E-state index in [0.29, 0.717) is 24.2 Å². The summed E-state index contributed by atoms with van der Waals surface area (Å²) in [6.07, 6.45) is 4.83. The molecule has 0 aliphatic carbocycles. The predicted molar refractivity (Wildman–Crippen MR) is 134 cm³/mol. The van der Waals surface area contributed by atoms with Gasteiger partial charge in [0.1, 0.15) is 23.9 Å². The number of rotatable bonds is 13. The van der Waals surface area contributed by atoms with Crippen LogP contribution in [0.5, 0.6) is 5.75 Å². The lowest BCUT2D eigenvalue weighted by Gasteiger charge is -2.32. The van der Waals surface area contributed by atoms with Crippen LogP contribution in [0.1, 0.15) is 90.3 Å². The van der Waals surface area contributed by atoms with Gasteiger partial charge in [0.25, 0.3) is 0 Å². The number of aryl methyl sites for hydroxylation is 1. The number of hydrogen-bond acceptors (Lipinski definition) is 5. The molecule has 8 nitrogen and oxygen atoms in total. The van der Waals surface area contributed by atoms with E-state index in [-0.39, 0.29) is 24.1 Å². The lowest BCUT2D eigenvalue weighted by atomic mass is 10.0. The zero-order chi connectivity index (χ0) is 25.7. The fraction of sp³-hybridized carbons (Fsp3) is 0.654. The standard InChI is InChI=1S/C26H43N3O5/c1-7-9-11-12-16-29(22(31)18-28-25(33)34-26(4,5)6)23(24(32)27-15-10-8-2)20-13-14-21(30)19(3)17-20/h13-14,17,23,30H,7-12,15-16,18H2,1-6H3,(H,27,32)(H,28,33). The average Bonchev–Trinajstić information content (AvgIpc) is 2.75. The molecule has 0 aromatic heterocycles. The topological polar surface area (TPSA) is 108 Å². The van der Waals surface area contributed by atoms with Crippen LogP contribution in [-0.4, -0.2) is 53.1 Å². The number of carbonyl (C=O) groups excluding carboxylic acids is 3. The lowest BCUT2D eigenvalue weighted by Crippen LogP contribution is -2.48. The molecule has 1 rings (SSSR count). The Morgan fingerprint density at radius 2 is 1.71 bits per heavy atom. The number of carbonyl (C=O) groups is 3. The molecule has 3 amide bonds. The first-order valence-corrected chi connectivity index (χ1v) is 12.3. The van der Waals surface area contributed by atoms with Crippen LogP contribution in [0.25, 0.3) is 0 Å². The van der Waals surface area contributed by atoms with Crippen molar-refractivity contribution in [2.24, 2.45) is 0 Å². The Morgan fingerprint density at radius 3 is 2.29 bits per heavy atom. The van der Waals surface area contributed by atoms with Crippen molar-refractivity contribution in [1.82, 2.24) is 15.5 Å². The maximum Gasteiger partial charge on any atom is 0.408 e. The summed E-state index contributed by atoms with van der Waals surface area (Å²) in [6.45, 7) is 11.8. The number of ether oxygens (including phenoxy) is 1. The van der Waals surface area contributed by atoms with Crippen molar-refractivity contribution in [2.75, 3.05) is 19.6 Å². The highest BCUT2D eigenvalue weighted by Gasteiger charge is 2.31. The number of phenolic OH excluding ortho intramolecular Hbond substituents is 1. The molecule has 0 heterocycles. The van der Waals surface area contributed by atoms with Crippen LogP contribution in [-0.2, 0) is 14.3 Å². The normalized spacial score (nSPS) is 12.1. The van der Waals surface area contributed by atoms with E-state index in [9.17, 15) is 19.5 Å². The summed E-state index contributed by atoms with van der Waals surface area (Å²) in [5.41, 5.74) is 0.553. The Bertz CT molecular complexity index is 804. The van der Waals surface area contributed by atoms with Gasteiger partial charge in [-0.15, -0.1) is 0 Å². The number of unbranched alkanes of at least 4 members (excludes halogenated alkanes) is 4. The van der Waals surface area contributed by atoms with E-state index in [1.54, 1.807) is 39.8 Å². The van der Waals surface area contributed by atoms with Gasteiger partial charge in [0.05, 0.1) is 0 Å². The molecule has 0 aliphatic rings. The fourth-order valence-electron chi connectivity index (χ4n) is 3.48. The number of hydrogen-bond donors (Lipinski definition) is 3. The van der Waals surface area contributed by atoms with E-state index in [1.807, 2.05) is 6.92 Å². The molecule has 1 atom stereocenters. The summed E-state index contributed by atoms with van der Waals surface area (Å²) in [6, 6.07) is 4.06. The van der Waals surface area contributed by atoms with Gasteiger partial charge >= 0.3 is 6.09 Å². The smallest absolute Gasteiger partial charge is 0.408 e. The zero-order valence-corrected chi connectivity index (χ0v) is 21.7. The fourth-order valence-corrected chi connectivity index (χ4v) is 3.48. The summed E-state index contributed by atoms with van der Waals surface area (Å²) < 4.78 is 5.24. The van der Waals surface area contributed by atoms with Gasteiger partial charge in [-0.25, -0.2) is 4.79 Å². The molecule has 0 aliphatic heterocycles. The second kappa shape index (κ2) is 14.5. The van der Waals surface area contributed by atoms with Crippen molar-refractivity contribution >= 4 is 17.9 Å². The van der Waals surface area contributed by atoms with Gasteiger partial charge in [-0.05, 0) is 63.8 Å². The number of aromatic hydroxyl groups is 1. The first kappa shape index (κ1) is 29.3. The third-order valence-corrected chi connectivity index (χ3v) is 5.28. The van der Waals surface area contributed by atoms with Crippen LogP contribution >= 0.6 is 0 Å². The summed E-state index contributed by atoms with van der Waals surface area (Å²) in [5, 5.41) is 15.4. The average molecular weight is 478 g/mol. The van der Waals surface area contributed by atoms with E-state index in [2.05, 4.69) is 17.6 Å². The molecule has 0 fully saturated rings. The van der Waals surface area contributed by atoms with Crippen molar-refractivity contribution in [3.05, 3.63) is 29.3 Å². The third kappa shape index (κ3) is 10.4. The summed E-state index contributed by atoms with van der Waals surface area (Å²) in [5.74, 6) is -0.523. The van der Waals surface area contributed by atoms with Gasteiger partial charge in [-0.3, -0.25) is 9.59 Å². The molecule has 34 heavy (non-hydrogen) atoms. The van der Waals surface area contributed by atoms with Crippen molar-refractivity contribution in [2.45, 2.75) is 91.7 Å². The van der Waals surface area contributed by atoms with Crippen molar-refractivity contribution in [3.63, 3.8) is 0 Å². The molecule has 1 aromatic carbocycles.